The lowest BCUT2D eigenvalue weighted by Crippen LogP contribution is -2.44. The minimum atomic E-state index is -0.143. The van der Waals surface area contributed by atoms with E-state index >= 15 is 0 Å². The van der Waals surface area contributed by atoms with E-state index in [0.29, 0.717) is 11.3 Å². The number of carbonyl (C=O) groups is 1. The average molecular weight is 234 g/mol. The molecule has 0 fully saturated rings. The van der Waals surface area contributed by atoms with Gasteiger partial charge in [0, 0.05) is 23.8 Å². The fraction of sp³-hybridized carbons (Fsp3) is 0.500. The van der Waals surface area contributed by atoms with Gasteiger partial charge in [-0.15, -0.1) is 0 Å². The summed E-state index contributed by atoms with van der Waals surface area (Å²) < 4.78 is 0. The van der Waals surface area contributed by atoms with Crippen molar-refractivity contribution in [1.82, 2.24) is 4.90 Å². The zero-order valence-electron chi connectivity index (χ0n) is 11.4. The van der Waals surface area contributed by atoms with Crippen LogP contribution < -0.4 is 5.73 Å². The van der Waals surface area contributed by atoms with Crippen molar-refractivity contribution in [3.63, 3.8) is 0 Å². The Kier molecular flexibility index (Phi) is 3.81. The minimum absolute atomic E-state index is 0.0206. The Balaban J connectivity index is 3.04. The van der Waals surface area contributed by atoms with Crippen LogP contribution in [0.15, 0.2) is 18.2 Å². The van der Waals surface area contributed by atoms with E-state index in [2.05, 4.69) is 20.8 Å². The van der Waals surface area contributed by atoms with E-state index < -0.39 is 0 Å². The van der Waals surface area contributed by atoms with Crippen molar-refractivity contribution in [2.24, 2.45) is 0 Å². The number of aryl methyl sites for hydroxylation is 1. The fourth-order valence-electron chi connectivity index (χ4n) is 1.64. The van der Waals surface area contributed by atoms with Crippen molar-refractivity contribution in [2.75, 3.05) is 12.8 Å². The monoisotopic (exact) mass is 234 g/mol. The van der Waals surface area contributed by atoms with Crippen LogP contribution in [0, 0.1) is 6.92 Å². The van der Waals surface area contributed by atoms with Gasteiger partial charge in [-0.1, -0.05) is 6.92 Å². The molecule has 0 atom stereocenters. The number of anilines is 1. The summed E-state index contributed by atoms with van der Waals surface area (Å²) in [5.41, 5.74) is 7.93. The van der Waals surface area contributed by atoms with Gasteiger partial charge < -0.3 is 10.6 Å². The molecule has 2 N–H and O–H groups in total. The molecule has 1 amide bonds. The van der Waals surface area contributed by atoms with Crippen LogP contribution >= 0.6 is 0 Å². The zero-order valence-corrected chi connectivity index (χ0v) is 11.4. The Hall–Kier alpha value is -1.51. The van der Waals surface area contributed by atoms with Gasteiger partial charge in [0.25, 0.3) is 5.91 Å². The molecule has 94 valence electrons. The maximum absolute atomic E-state index is 12.3. The highest BCUT2D eigenvalue weighted by atomic mass is 16.2. The number of nitrogen functional groups attached to an aromatic ring is 1. The van der Waals surface area contributed by atoms with E-state index in [0.717, 1.165) is 12.0 Å². The molecule has 0 spiro atoms. The molecular formula is C14H22N2O. The first-order valence-electron chi connectivity index (χ1n) is 5.93. The third-order valence-corrected chi connectivity index (χ3v) is 3.42. The van der Waals surface area contributed by atoms with E-state index in [-0.39, 0.29) is 11.4 Å². The number of hydrogen-bond acceptors (Lipinski definition) is 2. The maximum atomic E-state index is 12.3. The molecule has 0 aliphatic heterocycles. The molecule has 3 heteroatoms. The van der Waals surface area contributed by atoms with E-state index in [9.17, 15) is 4.79 Å². The lowest BCUT2D eigenvalue weighted by Gasteiger charge is -2.35. The molecule has 1 rings (SSSR count). The van der Waals surface area contributed by atoms with Gasteiger partial charge in [0.2, 0.25) is 0 Å². The van der Waals surface area contributed by atoms with E-state index in [1.807, 2.05) is 26.1 Å². The summed E-state index contributed by atoms with van der Waals surface area (Å²) in [6, 6.07) is 5.47. The number of nitrogens with two attached hydrogens (primary N) is 1. The van der Waals surface area contributed by atoms with Crippen LogP contribution in [0.1, 0.15) is 43.1 Å². The van der Waals surface area contributed by atoms with Crippen molar-refractivity contribution < 1.29 is 4.79 Å². The molecule has 3 nitrogen and oxygen atoms in total. The number of rotatable bonds is 3. The van der Waals surface area contributed by atoms with E-state index in [4.69, 9.17) is 5.73 Å². The summed E-state index contributed by atoms with van der Waals surface area (Å²) in [5, 5.41) is 0. The molecule has 1 aromatic rings. The van der Waals surface area contributed by atoms with Gasteiger partial charge in [0.1, 0.15) is 0 Å². The summed E-state index contributed by atoms with van der Waals surface area (Å²) in [7, 11) is 1.84. The highest BCUT2D eigenvalue weighted by molar-refractivity contribution is 5.95. The molecule has 0 bridgehead atoms. The highest BCUT2D eigenvalue weighted by Gasteiger charge is 2.26. The number of benzene rings is 1. The van der Waals surface area contributed by atoms with Crippen molar-refractivity contribution in [3.05, 3.63) is 29.3 Å². The van der Waals surface area contributed by atoms with Crippen LogP contribution in [-0.4, -0.2) is 23.4 Å². The van der Waals surface area contributed by atoms with Gasteiger partial charge in [0.05, 0.1) is 0 Å². The van der Waals surface area contributed by atoms with E-state index in [1.54, 1.807) is 11.0 Å². The third kappa shape index (κ3) is 2.99. The Morgan fingerprint density at radius 3 is 2.41 bits per heavy atom. The number of hydrogen-bond donors (Lipinski definition) is 1. The first-order chi connectivity index (χ1) is 7.77. The normalized spacial score (nSPS) is 11.4. The summed E-state index contributed by atoms with van der Waals surface area (Å²) in [5.74, 6) is 0.0206. The smallest absolute Gasteiger partial charge is 0.254 e. The Morgan fingerprint density at radius 2 is 1.94 bits per heavy atom. The fourth-order valence-corrected chi connectivity index (χ4v) is 1.64. The maximum Gasteiger partial charge on any atom is 0.254 e. The third-order valence-electron chi connectivity index (χ3n) is 3.42. The molecule has 0 aliphatic rings. The summed E-state index contributed by atoms with van der Waals surface area (Å²) in [4.78, 5) is 14.1. The predicted octanol–water partition coefficient (Wildman–Crippen LogP) is 2.84. The Bertz CT molecular complexity index is 404. The summed E-state index contributed by atoms with van der Waals surface area (Å²) >= 11 is 0. The van der Waals surface area contributed by atoms with Crippen LogP contribution in [0.25, 0.3) is 0 Å². The first-order valence-corrected chi connectivity index (χ1v) is 5.93. The van der Waals surface area contributed by atoms with Gasteiger partial charge in [0.15, 0.2) is 0 Å². The number of amides is 1. The molecule has 0 saturated heterocycles. The zero-order chi connectivity index (χ0) is 13.2. The van der Waals surface area contributed by atoms with Crippen LogP contribution in [0.5, 0.6) is 0 Å². The van der Waals surface area contributed by atoms with Crippen LogP contribution in [-0.2, 0) is 0 Å². The Labute approximate surface area is 104 Å². The number of carbonyl (C=O) groups excluding carboxylic acids is 1. The largest absolute Gasteiger partial charge is 0.399 e. The second kappa shape index (κ2) is 4.78. The molecule has 0 unspecified atom stereocenters. The summed E-state index contributed by atoms with van der Waals surface area (Å²) in [6.07, 6.45) is 0.913. The molecular weight excluding hydrogens is 212 g/mol. The van der Waals surface area contributed by atoms with Gasteiger partial charge in [-0.05, 0) is 51.0 Å². The van der Waals surface area contributed by atoms with Crippen molar-refractivity contribution in [1.29, 1.82) is 0 Å². The average Bonchev–Trinajstić information content (AvgIpc) is 2.25. The van der Waals surface area contributed by atoms with Crippen LogP contribution in [0.2, 0.25) is 0 Å². The van der Waals surface area contributed by atoms with Crippen molar-refractivity contribution in [3.8, 4) is 0 Å². The predicted molar refractivity (Wildman–Crippen MR) is 72.1 cm³/mol. The topological polar surface area (TPSA) is 46.3 Å². The standard InChI is InChI=1S/C14H22N2O/c1-6-14(3,4)16(5)13(17)11-7-10(2)8-12(15)9-11/h7-9H,6,15H2,1-5H3. The SMILES string of the molecule is CCC(C)(C)N(C)C(=O)c1cc(C)cc(N)c1. The van der Waals surface area contributed by atoms with Crippen molar-refractivity contribution in [2.45, 2.75) is 39.7 Å². The van der Waals surface area contributed by atoms with Crippen LogP contribution in [0.4, 0.5) is 5.69 Å². The lowest BCUT2D eigenvalue weighted by molar-refractivity contribution is 0.0620. The quantitative estimate of drug-likeness (QED) is 0.817. The number of nitrogens with zero attached hydrogens (tertiary/aromatic N) is 1. The molecule has 0 heterocycles. The lowest BCUT2D eigenvalue weighted by atomic mass is 9.98. The Morgan fingerprint density at radius 1 is 1.35 bits per heavy atom. The summed E-state index contributed by atoms with van der Waals surface area (Å²) in [6.45, 7) is 8.14. The van der Waals surface area contributed by atoms with Crippen LogP contribution in [0.3, 0.4) is 0 Å². The molecule has 0 aromatic heterocycles. The molecule has 0 saturated carbocycles. The molecule has 17 heavy (non-hydrogen) atoms. The van der Waals surface area contributed by atoms with Gasteiger partial charge in [-0.25, -0.2) is 0 Å². The van der Waals surface area contributed by atoms with E-state index in [1.165, 1.54) is 0 Å². The molecule has 0 aliphatic carbocycles. The minimum Gasteiger partial charge on any atom is -0.399 e. The van der Waals surface area contributed by atoms with Gasteiger partial charge in [-0.2, -0.15) is 0 Å². The van der Waals surface area contributed by atoms with Gasteiger partial charge >= 0.3 is 0 Å². The van der Waals surface area contributed by atoms with Gasteiger partial charge in [-0.3, -0.25) is 4.79 Å². The highest BCUT2D eigenvalue weighted by Crippen LogP contribution is 2.20. The second-order valence-electron chi connectivity index (χ2n) is 5.16. The van der Waals surface area contributed by atoms with Crippen molar-refractivity contribution >= 4 is 11.6 Å². The molecule has 1 aromatic carbocycles. The second-order valence-corrected chi connectivity index (χ2v) is 5.16. The first kappa shape index (κ1) is 13.6. The molecule has 0 radical (unpaired) electrons.